The summed E-state index contributed by atoms with van der Waals surface area (Å²) < 4.78 is 23.6. The van der Waals surface area contributed by atoms with Crippen molar-refractivity contribution in [1.29, 1.82) is 0 Å². The second-order valence-electron chi connectivity index (χ2n) is 8.89. The lowest BCUT2D eigenvalue weighted by Gasteiger charge is -2.23. The second kappa shape index (κ2) is 12.4. The Labute approximate surface area is 228 Å². The van der Waals surface area contributed by atoms with Gasteiger partial charge in [-0.2, -0.15) is 9.97 Å². The number of aliphatic hydroxyl groups is 1. The fraction of sp³-hybridized carbons (Fsp3) is 0.440. The van der Waals surface area contributed by atoms with Crippen LogP contribution < -0.4 is 5.32 Å². The minimum absolute atomic E-state index is 0.113. The van der Waals surface area contributed by atoms with Crippen molar-refractivity contribution >= 4 is 46.5 Å². The fourth-order valence-corrected chi connectivity index (χ4v) is 4.51. The quantitative estimate of drug-likeness (QED) is 0.210. The Hall–Kier alpha value is -3.81. The van der Waals surface area contributed by atoms with Crippen LogP contribution in [0.5, 0.6) is 0 Å². The molecule has 1 aliphatic heterocycles. The van der Waals surface area contributed by atoms with Crippen molar-refractivity contribution in [2.45, 2.75) is 57.8 Å². The number of halogens is 1. The van der Waals surface area contributed by atoms with E-state index in [1.54, 1.807) is 0 Å². The third-order valence-corrected chi connectivity index (χ3v) is 6.06. The van der Waals surface area contributed by atoms with Crippen LogP contribution in [0.15, 0.2) is 36.7 Å². The van der Waals surface area contributed by atoms with Crippen molar-refractivity contribution in [2.75, 3.05) is 18.5 Å². The Morgan fingerprint density at radius 3 is 2.41 bits per heavy atom. The van der Waals surface area contributed by atoms with Gasteiger partial charge in [0.25, 0.3) is 0 Å². The molecular weight excluding hydrogens is 534 g/mol. The molecule has 13 nitrogen and oxygen atoms in total. The van der Waals surface area contributed by atoms with Gasteiger partial charge in [-0.05, 0) is 23.6 Å². The first-order chi connectivity index (χ1) is 18.7. The van der Waals surface area contributed by atoms with Gasteiger partial charge in [0.05, 0.1) is 19.0 Å². The van der Waals surface area contributed by atoms with Gasteiger partial charge in [-0.1, -0.05) is 30.3 Å². The van der Waals surface area contributed by atoms with Crippen LogP contribution in [0, 0.1) is 0 Å². The number of benzene rings is 1. The van der Waals surface area contributed by atoms with E-state index in [0.717, 1.165) is 5.56 Å². The summed E-state index contributed by atoms with van der Waals surface area (Å²) >= 11 is 6.26. The summed E-state index contributed by atoms with van der Waals surface area (Å²) in [5, 5.41) is 13.1. The largest absolute Gasteiger partial charge is 0.463 e. The van der Waals surface area contributed by atoms with Gasteiger partial charge in [-0.3, -0.25) is 19.0 Å². The smallest absolute Gasteiger partial charge is 0.303 e. The number of esters is 3. The topological polar surface area (TPSA) is 164 Å². The molecule has 2 aromatic heterocycles. The van der Waals surface area contributed by atoms with E-state index in [4.69, 9.17) is 30.5 Å². The number of nitrogens with one attached hydrogen (secondary N) is 1. The number of anilines is 1. The maximum absolute atomic E-state index is 12.0. The average Bonchev–Trinajstić information content (AvgIpc) is 3.43. The Morgan fingerprint density at radius 1 is 1.08 bits per heavy atom. The number of fused-ring (bicyclic) bond motifs is 1. The van der Waals surface area contributed by atoms with Crippen LogP contribution in [0.3, 0.4) is 0 Å². The molecule has 1 aromatic carbocycles. The van der Waals surface area contributed by atoms with E-state index >= 15 is 0 Å². The van der Waals surface area contributed by atoms with Crippen molar-refractivity contribution in [3.05, 3.63) is 47.5 Å². The SMILES string of the molecule is CC(=O)OC[C@H]1O[C@@H](n2cnc3c(NC(CO)Cc4ccccc4)nc(Cl)nc32)[C@H](OC(C)=O)[C@@H]1OC(C)=O. The van der Waals surface area contributed by atoms with Crippen molar-refractivity contribution < 1.29 is 38.4 Å². The van der Waals surface area contributed by atoms with E-state index in [2.05, 4.69) is 20.3 Å². The summed E-state index contributed by atoms with van der Waals surface area (Å²) in [6.07, 6.45) is -2.34. The summed E-state index contributed by atoms with van der Waals surface area (Å²) in [6.45, 7) is 3.18. The lowest BCUT2D eigenvalue weighted by atomic mass is 10.1. The number of carbonyl (C=O) groups is 3. The predicted molar refractivity (Wildman–Crippen MR) is 137 cm³/mol. The summed E-state index contributed by atoms with van der Waals surface area (Å²) in [5.74, 6) is -1.58. The molecule has 1 unspecified atom stereocenters. The molecule has 14 heteroatoms. The van der Waals surface area contributed by atoms with Crippen LogP contribution in [0.1, 0.15) is 32.6 Å². The first-order valence-electron chi connectivity index (χ1n) is 12.1. The minimum Gasteiger partial charge on any atom is -0.463 e. The van der Waals surface area contributed by atoms with Gasteiger partial charge in [-0.15, -0.1) is 0 Å². The third kappa shape index (κ3) is 6.80. The van der Waals surface area contributed by atoms with E-state index in [1.165, 1.54) is 31.7 Å². The van der Waals surface area contributed by atoms with Gasteiger partial charge in [0.1, 0.15) is 12.7 Å². The number of aliphatic hydroxyl groups excluding tert-OH is 1. The zero-order valence-corrected chi connectivity index (χ0v) is 22.2. The third-order valence-electron chi connectivity index (χ3n) is 5.89. The Morgan fingerprint density at radius 2 is 1.77 bits per heavy atom. The number of carbonyl (C=O) groups excluding carboxylic acids is 3. The summed E-state index contributed by atoms with van der Waals surface area (Å²) in [7, 11) is 0. The number of ether oxygens (including phenoxy) is 4. The molecule has 1 aliphatic rings. The second-order valence-corrected chi connectivity index (χ2v) is 9.23. The van der Waals surface area contributed by atoms with Gasteiger partial charge >= 0.3 is 17.9 Å². The highest BCUT2D eigenvalue weighted by Gasteiger charge is 2.51. The molecule has 0 saturated carbocycles. The zero-order chi connectivity index (χ0) is 28.1. The first kappa shape index (κ1) is 28.2. The first-order valence-corrected chi connectivity index (χ1v) is 12.5. The maximum atomic E-state index is 12.0. The molecule has 3 aromatic rings. The van der Waals surface area contributed by atoms with Crippen molar-refractivity contribution in [3.8, 4) is 0 Å². The van der Waals surface area contributed by atoms with Crippen molar-refractivity contribution in [2.24, 2.45) is 0 Å². The lowest BCUT2D eigenvalue weighted by Crippen LogP contribution is -2.40. The molecular formula is C25H28ClN5O8. The van der Waals surface area contributed by atoms with Crippen molar-refractivity contribution in [3.63, 3.8) is 0 Å². The molecule has 2 N–H and O–H groups in total. The highest BCUT2D eigenvalue weighted by molar-refractivity contribution is 6.28. The van der Waals surface area contributed by atoms with Gasteiger partial charge in [0, 0.05) is 20.8 Å². The van der Waals surface area contributed by atoms with Gasteiger partial charge in [0.15, 0.2) is 35.4 Å². The monoisotopic (exact) mass is 561 g/mol. The number of hydrogen-bond donors (Lipinski definition) is 2. The number of hydrogen-bond acceptors (Lipinski definition) is 12. The average molecular weight is 562 g/mol. The summed E-state index contributed by atoms with van der Waals surface area (Å²) in [5.41, 5.74) is 1.54. The Balaban J connectivity index is 1.69. The molecule has 0 bridgehead atoms. The van der Waals surface area contributed by atoms with E-state index in [9.17, 15) is 19.5 Å². The standard InChI is InChI=1S/C25H28ClN5O8/c1-13(33)36-11-18-20(37-14(2)34)21(38-15(3)35)24(39-18)31-12-27-19-22(29-25(26)30-23(19)31)28-17(10-32)9-16-7-5-4-6-8-16/h4-8,12,17-18,20-21,24,32H,9-11H2,1-3H3,(H,28,29,30)/t17?,18-,20-,21-,24-/m1/s1. The number of imidazole rings is 1. The predicted octanol–water partition coefficient (Wildman–Crippen LogP) is 1.82. The molecule has 0 aliphatic carbocycles. The molecule has 208 valence electrons. The number of nitrogens with zero attached hydrogens (tertiary/aromatic N) is 4. The molecule has 0 radical (unpaired) electrons. The van der Waals surface area contributed by atoms with Crippen LogP contribution in [-0.4, -0.2) is 80.1 Å². The van der Waals surface area contributed by atoms with E-state index in [-0.39, 0.29) is 30.0 Å². The molecule has 1 fully saturated rings. The molecule has 1 saturated heterocycles. The normalized spacial score (nSPS) is 21.4. The highest BCUT2D eigenvalue weighted by atomic mass is 35.5. The molecule has 4 rings (SSSR count). The van der Waals surface area contributed by atoms with E-state index in [0.29, 0.717) is 11.9 Å². The highest BCUT2D eigenvalue weighted by Crippen LogP contribution is 2.37. The molecule has 0 spiro atoms. The van der Waals surface area contributed by atoms with Gasteiger partial charge in [-0.25, -0.2) is 4.98 Å². The van der Waals surface area contributed by atoms with Crippen LogP contribution in [0.4, 0.5) is 5.82 Å². The fourth-order valence-electron chi connectivity index (χ4n) is 4.35. The molecule has 3 heterocycles. The number of rotatable bonds is 10. The van der Waals surface area contributed by atoms with Crippen LogP contribution in [0.2, 0.25) is 5.28 Å². The van der Waals surface area contributed by atoms with Crippen molar-refractivity contribution in [1.82, 2.24) is 19.5 Å². The van der Waals surface area contributed by atoms with E-state index in [1.807, 2.05) is 30.3 Å². The van der Waals surface area contributed by atoms with Gasteiger partial charge in [0.2, 0.25) is 5.28 Å². The molecule has 5 atom stereocenters. The van der Waals surface area contributed by atoms with Crippen LogP contribution >= 0.6 is 11.6 Å². The minimum atomic E-state index is -1.13. The van der Waals surface area contributed by atoms with Crippen LogP contribution in [0.25, 0.3) is 11.2 Å². The molecule has 0 amide bonds. The van der Waals surface area contributed by atoms with Gasteiger partial charge < -0.3 is 29.4 Å². The number of aromatic nitrogens is 4. The van der Waals surface area contributed by atoms with E-state index < -0.39 is 48.5 Å². The zero-order valence-electron chi connectivity index (χ0n) is 21.4. The summed E-state index contributed by atoms with van der Waals surface area (Å²) in [6, 6.07) is 9.20. The Kier molecular flexibility index (Phi) is 8.94. The Bertz CT molecular complexity index is 1340. The maximum Gasteiger partial charge on any atom is 0.303 e. The lowest BCUT2D eigenvalue weighted by molar-refractivity contribution is -0.166. The summed E-state index contributed by atoms with van der Waals surface area (Å²) in [4.78, 5) is 48.3. The van der Waals surface area contributed by atoms with Crippen LogP contribution in [-0.2, 0) is 39.8 Å². The molecule has 39 heavy (non-hydrogen) atoms.